The van der Waals surface area contributed by atoms with Gasteiger partial charge in [-0.25, -0.2) is 0 Å². The molecule has 2 aliphatic rings. The molecule has 1 amide bonds. The Hall–Kier alpha value is -3.39. The lowest BCUT2D eigenvalue weighted by molar-refractivity contribution is -0.384. The molecule has 2 saturated heterocycles. The molecule has 0 unspecified atom stereocenters. The predicted molar refractivity (Wildman–Crippen MR) is 134 cm³/mol. The Morgan fingerprint density at radius 2 is 1.65 bits per heavy atom. The zero-order valence-electron chi connectivity index (χ0n) is 19.9. The van der Waals surface area contributed by atoms with Gasteiger partial charge in [0.2, 0.25) is 5.91 Å². The molecule has 0 saturated carbocycles. The summed E-state index contributed by atoms with van der Waals surface area (Å²) in [6.45, 7) is 9.32. The normalized spacial score (nSPS) is 17.0. The number of rotatable bonds is 6. The smallest absolute Gasteiger partial charge is 0.292 e. The highest BCUT2D eigenvalue weighted by Gasteiger charge is 2.25. The van der Waals surface area contributed by atoms with Gasteiger partial charge in [-0.15, -0.1) is 0 Å². The Bertz CT molecular complexity index is 1040. The summed E-state index contributed by atoms with van der Waals surface area (Å²) in [6.07, 6.45) is 3.51. The first-order valence-corrected chi connectivity index (χ1v) is 11.9. The monoisotopic (exact) mass is 464 g/mol. The van der Waals surface area contributed by atoms with Crippen LogP contribution in [0.25, 0.3) is 6.08 Å². The van der Waals surface area contributed by atoms with Crippen LogP contribution in [0.2, 0.25) is 0 Å². The van der Waals surface area contributed by atoms with Crippen LogP contribution in [0.3, 0.4) is 0 Å². The summed E-state index contributed by atoms with van der Waals surface area (Å²) < 4.78 is 5.40. The average Bonchev–Trinajstić information content (AvgIpc) is 2.87. The van der Waals surface area contributed by atoms with E-state index >= 15 is 0 Å². The van der Waals surface area contributed by atoms with Crippen LogP contribution in [-0.4, -0.2) is 68.2 Å². The van der Waals surface area contributed by atoms with Crippen molar-refractivity contribution in [2.24, 2.45) is 0 Å². The number of nitro benzene ring substituents is 1. The minimum atomic E-state index is -0.326. The SMILES string of the molecule is CC(C)c1ccc(C=CC(=O)N2CCN(c3ccc([N+](=O)[O-])c(N4CCOCC4)c3)CC2)cc1. The Kier molecular flexibility index (Phi) is 7.47. The Morgan fingerprint density at radius 1 is 0.971 bits per heavy atom. The number of nitrogens with zero attached hydrogens (tertiary/aromatic N) is 4. The van der Waals surface area contributed by atoms with Crippen LogP contribution in [0.1, 0.15) is 30.9 Å². The summed E-state index contributed by atoms with van der Waals surface area (Å²) in [6, 6.07) is 13.6. The van der Waals surface area contributed by atoms with Crippen molar-refractivity contribution in [1.82, 2.24) is 4.90 Å². The zero-order chi connectivity index (χ0) is 24.1. The molecule has 4 rings (SSSR count). The predicted octanol–water partition coefficient (Wildman–Crippen LogP) is 3.92. The fourth-order valence-electron chi connectivity index (χ4n) is 4.37. The number of anilines is 2. The number of carbonyl (C=O) groups is 1. The third-order valence-corrected chi connectivity index (χ3v) is 6.49. The highest BCUT2D eigenvalue weighted by Crippen LogP contribution is 2.33. The summed E-state index contributed by atoms with van der Waals surface area (Å²) in [5.41, 5.74) is 3.99. The largest absolute Gasteiger partial charge is 0.378 e. The summed E-state index contributed by atoms with van der Waals surface area (Å²) in [5, 5.41) is 11.6. The van der Waals surface area contributed by atoms with Gasteiger partial charge >= 0.3 is 0 Å². The Labute approximate surface area is 200 Å². The standard InChI is InChI=1S/C26H32N4O4/c1-20(2)22-6-3-21(4-7-22)5-10-26(31)29-13-11-27(12-14-29)23-8-9-24(30(32)33)25(19-23)28-15-17-34-18-16-28/h3-10,19-20H,11-18H2,1-2H3. The molecule has 0 aromatic heterocycles. The summed E-state index contributed by atoms with van der Waals surface area (Å²) in [7, 11) is 0. The molecular formula is C26H32N4O4. The molecule has 34 heavy (non-hydrogen) atoms. The zero-order valence-corrected chi connectivity index (χ0v) is 19.9. The highest BCUT2D eigenvalue weighted by atomic mass is 16.6. The number of piperazine rings is 1. The molecule has 2 heterocycles. The fourth-order valence-corrected chi connectivity index (χ4v) is 4.37. The lowest BCUT2D eigenvalue weighted by atomic mass is 10.0. The van der Waals surface area contributed by atoms with E-state index in [4.69, 9.17) is 4.74 Å². The Balaban J connectivity index is 1.38. The second-order valence-corrected chi connectivity index (χ2v) is 9.00. The lowest BCUT2D eigenvalue weighted by Crippen LogP contribution is -2.48. The maximum atomic E-state index is 12.7. The maximum absolute atomic E-state index is 12.7. The number of nitro groups is 1. The topological polar surface area (TPSA) is 79.2 Å². The van der Waals surface area contributed by atoms with E-state index in [1.54, 1.807) is 18.2 Å². The first kappa shape index (κ1) is 23.8. The third kappa shape index (κ3) is 5.56. The van der Waals surface area contributed by atoms with Crippen molar-refractivity contribution in [2.45, 2.75) is 19.8 Å². The van der Waals surface area contributed by atoms with Crippen LogP contribution >= 0.6 is 0 Å². The van der Waals surface area contributed by atoms with Gasteiger partial charge in [0.05, 0.1) is 18.1 Å². The first-order chi connectivity index (χ1) is 16.4. The number of morpholine rings is 1. The highest BCUT2D eigenvalue weighted by molar-refractivity contribution is 5.92. The number of benzene rings is 2. The van der Waals surface area contributed by atoms with Gasteiger partial charge in [-0.2, -0.15) is 0 Å². The van der Waals surface area contributed by atoms with Gasteiger partial charge in [0.15, 0.2) is 0 Å². The van der Waals surface area contributed by atoms with Gasteiger partial charge in [-0.05, 0) is 35.3 Å². The van der Waals surface area contributed by atoms with E-state index in [1.165, 1.54) is 5.56 Å². The molecule has 2 aromatic carbocycles. The molecule has 0 N–H and O–H groups in total. The van der Waals surface area contributed by atoms with Crippen molar-refractivity contribution in [2.75, 3.05) is 62.3 Å². The van der Waals surface area contributed by atoms with E-state index in [9.17, 15) is 14.9 Å². The summed E-state index contributed by atoms with van der Waals surface area (Å²) >= 11 is 0. The van der Waals surface area contributed by atoms with Crippen LogP contribution in [0, 0.1) is 10.1 Å². The number of ether oxygens (including phenoxy) is 1. The van der Waals surface area contributed by atoms with Crippen molar-refractivity contribution < 1.29 is 14.5 Å². The number of carbonyl (C=O) groups excluding carboxylic acids is 1. The van der Waals surface area contributed by atoms with Crippen LogP contribution in [-0.2, 0) is 9.53 Å². The molecule has 8 heteroatoms. The van der Waals surface area contributed by atoms with Gasteiger partial charge in [0, 0.05) is 57.1 Å². The van der Waals surface area contributed by atoms with E-state index in [-0.39, 0.29) is 16.5 Å². The quantitative estimate of drug-likeness (QED) is 0.366. The van der Waals surface area contributed by atoms with Crippen LogP contribution in [0.5, 0.6) is 0 Å². The van der Waals surface area contributed by atoms with E-state index in [0.717, 1.165) is 11.3 Å². The molecule has 0 aliphatic carbocycles. The molecule has 0 spiro atoms. The van der Waals surface area contributed by atoms with Crippen LogP contribution < -0.4 is 9.80 Å². The van der Waals surface area contributed by atoms with Crippen molar-refractivity contribution in [3.05, 3.63) is 69.8 Å². The van der Waals surface area contributed by atoms with Gasteiger partial charge in [-0.1, -0.05) is 38.1 Å². The minimum absolute atomic E-state index is 0.00490. The van der Waals surface area contributed by atoms with E-state index in [1.807, 2.05) is 34.1 Å². The fraction of sp³-hybridized carbons (Fsp3) is 0.423. The number of amides is 1. The van der Waals surface area contributed by atoms with Gasteiger partial charge in [0.1, 0.15) is 5.69 Å². The molecule has 0 atom stereocenters. The van der Waals surface area contributed by atoms with Gasteiger partial charge in [-0.3, -0.25) is 14.9 Å². The van der Waals surface area contributed by atoms with E-state index in [0.29, 0.717) is 64.1 Å². The second-order valence-electron chi connectivity index (χ2n) is 9.00. The van der Waals surface area contributed by atoms with Crippen molar-refractivity contribution in [3.8, 4) is 0 Å². The minimum Gasteiger partial charge on any atom is -0.378 e. The summed E-state index contributed by atoms with van der Waals surface area (Å²) in [4.78, 5) is 30.0. The van der Waals surface area contributed by atoms with Crippen molar-refractivity contribution in [1.29, 1.82) is 0 Å². The number of hydrogen-bond acceptors (Lipinski definition) is 6. The molecule has 180 valence electrons. The van der Waals surface area contributed by atoms with E-state index < -0.39 is 0 Å². The van der Waals surface area contributed by atoms with Crippen LogP contribution in [0.4, 0.5) is 17.1 Å². The first-order valence-electron chi connectivity index (χ1n) is 11.9. The molecule has 0 radical (unpaired) electrons. The van der Waals surface area contributed by atoms with Crippen molar-refractivity contribution in [3.63, 3.8) is 0 Å². The van der Waals surface area contributed by atoms with Gasteiger partial charge in [0.25, 0.3) is 5.69 Å². The van der Waals surface area contributed by atoms with Crippen molar-refractivity contribution >= 4 is 29.0 Å². The molecular weight excluding hydrogens is 432 g/mol. The molecule has 2 fully saturated rings. The maximum Gasteiger partial charge on any atom is 0.292 e. The van der Waals surface area contributed by atoms with Gasteiger partial charge < -0.3 is 19.4 Å². The average molecular weight is 465 g/mol. The number of hydrogen-bond donors (Lipinski definition) is 0. The summed E-state index contributed by atoms with van der Waals surface area (Å²) in [5.74, 6) is 0.488. The third-order valence-electron chi connectivity index (χ3n) is 6.49. The second kappa shape index (κ2) is 10.7. The molecule has 8 nitrogen and oxygen atoms in total. The molecule has 0 bridgehead atoms. The van der Waals surface area contributed by atoms with Crippen LogP contribution in [0.15, 0.2) is 48.5 Å². The molecule has 2 aromatic rings. The Morgan fingerprint density at radius 3 is 2.26 bits per heavy atom. The lowest BCUT2D eigenvalue weighted by Gasteiger charge is -2.36. The molecule has 2 aliphatic heterocycles. The van der Waals surface area contributed by atoms with E-state index in [2.05, 4.69) is 30.9 Å².